The van der Waals surface area contributed by atoms with E-state index in [4.69, 9.17) is 0 Å². The second-order valence-corrected chi connectivity index (χ2v) is 6.84. The van der Waals surface area contributed by atoms with Crippen molar-refractivity contribution in [3.8, 4) is 0 Å². The number of nitrogens with zero attached hydrogens (tertiary/aromatic N) is 1. The van der Waals surface area contributed by atoms with Crippen molar-refractivity contribution in [1.29, 1.82) is 0 Å². The van der Waals surface area contributed by atoms with Crippen molar-refractivity contribution in [1.82, 2.24) is 10.2 Å². The fourth-order valence-electron chi connectivity index (χ4n) is 3.20. The average molecular weight is 328 g/mol. The molecule has 0 radical (unpaired) electrons. The lowest BCUT2D eigenvalue weighted by Crippen LogP contribution is -2.35. The molecule has 1 aliphatic rings. The van der Waals surface area contributed by atoms with Gasteiger partial charge in [0.05, 0.1) is 6.54 Å². The Kier molecular flexibility index (Phi) is 6.48. The third-order valence-corrected chi connectivity index (χ3v) is 4.48. The second-order valence-electron chi connectivity index (χ2n) is 6.84. The van der Waals surface area contributed by atoms with E-state index in [1.54, 1.807) is 0 Å². The first kappa shape index (κ1) is 18.3. The highest BCUT2D eigenvalue weighted by Crippen LogP contribution is 2.22. The van der Waals surface area contributed by atoms with Crippen LogP contribution in [0.5, 0.6) is 0 Å². The Labute approximate surface area is 137 Å². The van der Waals surface area contributed by atoms with Gasteiger partial charge in [-0.1, -0.05) is 29.8 Å². The molecule has 1 saturated heterocycles. The summed E-state index contributed by atoms with van der Waals surface area (Å²) < 4.78 is 37.1. The number of benzene rings is 1. The van der Waals surface area contributed by atoms with E-state index < -0.39 is 12.7 Å². The third kappa shape index (κ3) is 6.92. The molecule has 130 valence electrons. The molecule has 1 N–H and O–H groups in total. The minimum absolute atomic E-state index is 0.332. The Balaban J connectivity index is 1.64. The van der Waals surface area contributed by atoms with Crippen molar-refractivity contribution < 1.29 is 13.2 Å². The van der Waals surface area contributed by atoms with Crippen LogP contribution in [0.3, 0.4) is 0 Å². The molecule has 0 saturated carbocycles. The van der Waals surface area contributed by atoms with Crippen LogP contribution < -0.4 is 5.32 Å². The normalized spacial score (nSPS) is 20.8. The molecule has 0 aromatic heterocycles. The fraction of sp³-hybridized carbons (Fsp3) is 0.667. The molecule has 0 amide bonds. The minimum atomic E-state index is -4.08. The lowest BCUT2D eigenvalue weighted by Gasteiger charge is -2.19. The van der Waals surface area contributed by atoms with E-state index in [1.165, 1.54) is 16.0 Å². The molecule has 1 aromatic rings. The Morgan fingerprint density at radius 1 is 1.35 bits per heavy atom. The van der Waals surface area contributed by atoms with Crippen LogP contribution in [0.1, 0.15) is 30.9 Å². The van der Waals surface area contributed by atoms with Crippen LogP contribution in [0, 0.1) is 12.8 Å². The van der Waals surface area contributed by atoms with E-state index in [0.717, 1.165) is 25.8 Å². The molecular weight excluding hydrogens is 301 g/mol. The number of halogens is 3. The van der Waals surface area contributed by atoms with E-state index >= 15 is 0 Å². The molecule has 1 heterocycles. The molecule has 5 heteroatoms. The summed E-state index contributed by atoms with van der Waals surface area (Å²) in [4.78, 5) is 1.52. The predicted molar refractivity (Wildman–Crippen MR) is 87.6 cm³/mol. The molecule has 1 aliphatic heterocycles. The van der Waals surface area contributed by atoms with Crippen LogP contribution in [0.2, 0.25) is 0 Å². The van der Waals surface area contributed by atoms with Gasteiger partial charge in [0.2, 0.25) is 0 Å². The van der Waals surface area contributed by atoms with Crippen LogP contribution in [0.15, 0.2) is 24.3 Å². The summed E-state index contributed by atoms with van der Waals surface area (Å²) in [5.41, 5.74) is 2.62. The minimum Gasteiger partial charge on any atom is -0.314 e. The maximum Gasteiger partial charge on any atom is 0.401 e. The lowest BCUT2D eigenvalue weighted by molar-refractivity contribution is -0.143. The second kappa shape index (κ2) is 8.15. The summed E-state index contributed by atoms with van der Waals surface area (Å²) in [6.07, 6.45) is -1.15. The first-order valence-electron chi connectivity index (χ1n) is 8.40. The Morgan fingerprint density at radius 3 is 2.83 bits per heavy atom. The maximum atomic E-state index is 12.4. The van der Waals surface area contributed by atoms with E-state index in [9.17, 15) is 13.2 Å². The van der Waals surface area contributed by atoms with Crippen LogP contribution in [0.25, 0.3) is 0 Å². The number of aryl methyl sites for hydroxylation is 2. The Hall–Kier alpha value is -1.07. The van der Waals surface area contributed by atoms with Gasteiger partial charge in [-0.3, -0.25) is 4.90 Å². The van der Waals surface area contributed by atoms with Gasteiger partial charge in [-0.05, 0) is 57.7 Å². The van der Waals surface area contributed by atoms with Gasteiger partial charge < -0.3 is 5.32 Å². The van der Waals surface area contributed by atoms with Crippen molar-refractivity contribution in [3.63, 3.8) is 0 Å². The van der Waals surface area contributed by atoms with Gasteiger partial charge in [-0.25, -0.2) is 0 Å². The summed E-state index contributed by atoms with van der Waals surface area (Å²) in [5, 5.41) is 3.48. The number of alkyl halides is 3. The van der Waals surface area contributed by atoms with Gasteiger partial charge in [-0.15, -0.1) is 0 Å². The van der Waals surface area contributed by atoms with E-state index in [-0.39, 0.29) is 0 Å². The van der Waals surface area contributed by atoms with Gasteiger partial charge in [0, 0.05) is 12.6 Å². The smallest absolute Gasteiger partial charge is 0.314 e. The van der Waals surface area contributed by atoms with E-state index in [1.807, 2.05) is 0 Å². The van der Waals surface area contributed by atoms with Crippen molar-refractivity contribution >= 4 is 0 Å². The summed E-state index contributed by atoms with van der Waals surface area (Å²) >= 11 is 0. The van der Waals surface area contributed by atoms with E-state index in [0.29, 0.717) is 25.0 Å². The van der Waals surface area contributed by atoms with E-state index in [2.05, 4.69) is 43.4 Å². The average Bonchev–Trinajstić information content (AvgIpc) is 2.88. The standard InChI is InChI=1S/C18H27F3N2/c1-14-4-3-5-16(10-14)7-6-15(2)22-11-17-8-9-23(12-17)13-18(19,20)21/h3-5,10,15,17,22H,6-9,11-13H2,1-2H3. The van der Waals surface area contributed by atoms with Crippen LogP contribution >= 0.6 is 0 Å². The van der Waals surface area contributed by atoms with Gasteiger partial charge in [-0.2, -0.15) is 13.2 Å². The molecule has 0 bridgehead atoms. The molecular formula is C18H27F3N2. The molecule has 2 unspecified atom stereocenters. The number of likely N-dealkylation sites (tertiary alicyclic amines) is 1. The van der Waals surface area contributed by atoms with Crippen molar-refractivity contribution in [2.75, 3.05) is 26.2 Å². The van der Waals surface area contributed by atoms with Gasteiger partial charge >= 0.3 is 6.18 Å². The SMILES string of the molecule is Cc1cccc(CCC(C)NCC2CCN(CC(F)(F)F)C2)c1. The molecule has 2 nitrogen and oxygen atoms in total. The first-order valence-corrected chi connectivity index (χ1v) is 8.40. The molecule has 2 rings (SSSR count). The predicted octanol–water partition coefficient (Wildman–Crippen LogP) is 3.79. The summed E-state index contributed by atoms with van der Waals surface area (Å²) in [5.74, 6) is 0.332. The van der Waals surface area contributed by atoms with Crippen molar-refractivity contribution in [2.24, 2.45) is 5.92 Å². The summed E-state index contributed by atoms with van der Waals surface area (Å²) in [6.45, 7) is 5.40. The van der Waals surface area contributed by atoms with Crippen LogP contribution in [-0.4, -0.2) is 43.3 Å². The molecule has 1 fully saturated rings. The Morgan fingerprint density at radius 2 is 2.13 bits per heavy atom. The fourth-order valence-corrected chi connectivity index (χ4v) is 3.20. The van der Waals surface area contributed by atoms with Gasteiger partial charge in [0.25, 0.3) is 0 Å². The largest absolute Gasteiger partial charge is 0.401 e. The zero-order chi connectivity index (χ0) is 16.9. The topological polar surface area (TPSA) is 15.3 Å². The zero-order valence-corrected chi connectivity index (χ0v) is 14.0. The summed E-state index contributed by atoms with van der Waals surface area (Å²) in [6, 6.07) is 8.91. The number of hydrogen-bond acceptors (Lipinski definition) is 2. The highest BCUT2D eigenvalue weighted by Gasteiger charge is 2.34. The molecule has 0 spiro atoms. The highest BCUT2D eigenvalue weighted by molar-refractivity contribution is 5.22. The molecule has 0 aliphatic carbocycles. The monoisotopic (exact) mass is 328 g/mol. The molecule has 2 atom stereocenters. The maximum absolute atomic E-state index is 12.4. The first-order chi connectivity index (χ1) is 10.8. The molecule has 1 aromatic carbocycles. The third-order valence-electron chi connectivity index (χ3n) is 4.48. The van der Waals surface area contributed by atoms with Crippen LogP contribution in [0.4, 0.5) is 13.2 Å². The van der Waals surface area contributed by atoms with Gasteiger partial charge in [0.15, 0.2) is 0 Å². The quantitative estimate of drug-likeness (QED) is 0.819. The van der Waals surface area contributed by atoms with Gasteiger partial charge in [0.1, 0.15) is 0 Å². The van der Waals surface area contributed by atoms with Crippen LogP contribution in [-0.2, 0) is 6.42 Å². The number of nitrogens with one attached hydrogen (secondary N) is 1. The molecule has 23 heavy (non-hydrogen) atoms. The Bertz CT molecular complexity index is 487. The van der Waals surface area contributed by atoms with Crippen molar-refractivity contribution in [3.05, 3.63) is 35.4 Å². The lowest BCUT2D eigenvalue weighted by atomic mass is 10.0. The number of rotatable bonds is 7. The van der Waals surface area contributed by atoms with Crippen molar-refractivity contribution in [2.45, 2.75) is 45.3 Å². The number of hydrogen-bond donors (Lipinski definition) is 1. The summed E-state index contributed by atoms with van der Waals surface area (Å²) in [7, 11) is 0. The highest BCUT2D eigenvalue weighted by atomic mass is 19.4. The zero-order valence-electron chi connectivity index (χ0n) is 14.0.